The lowest BCUT2D eigenvalue weighted by Crippen LogP contribution is -2.46. The zero-order valence-corrected chi connectivity index (χ0v) is 20.0. The summed E-state index contributed by atoms with van der Waals surface area (Å²) in [5.74, 6) is 1.67. The van der Waals surface area contributed by atoms with Crippen LogP contribution in [0.3, 0.4) is 0 Å². The van der Waals surface area contributed by atoms with Crippen LogP contribution in [0.4, 0.5) is 0 Å². The van der Waals surface area contributed by atoms with Crippen molar-refractivity contribution >= 4 is 17.5 Å². The molecule has 0 radical (unpaired) electrons. The highest BCUT2D eigenvalue weighted by atomic mass is 35.5. The molecule has 0 aliphatic carbocycles. The quantitative estimate of drug-likeness (QED) is 0.546. The largest absolute Gasteiger partial charge is 0.454 e. The molecular weight excluding hydrogens is 456 g/mol. The third-order valence-electron chi connectivity index (χ3n) is 6.91. The number of amides is 1. The normalized spacial score (nSPS) is 21.3. The van der Waals surface area contributed by atoms with Crippen molar-refractivity contribution in [1.82, 2.24) is 20.1 Å². The Morgan fingerprint density at radius 2 is 1.91 bits per heavy atom. The molecule has 182 valence electrons. The Hall–Kier alpha value is -2.39. The van der Waals surface area contributed by atoms with Gasteiger partial charge in [0.15, 0.2) is 11.5 Å². The molecule has 1 aromatic heterocycles. The van der Waals surface area contributed by atoms with Crippen LogP contribution in [0.1, 0.15) is 36.4 Å². The predicted octanol–water partition coefficient (Wildman–Crippen LogP) is 3.01. The Morgan fingerprint density at radius 1 is 1.15 bits per heavy atom. The molecule has 1 N–H and O–H groups in total. The number of morpholine rings is 1. The summed E-state index contributed by atoms with van der Waals surface area (Å²) < 4.78 is 16.4. The number of nitrogens with one attached hydrogen (secondary N) is 1. The molecule has 9 heteroatoms. The molecule has 0 unspecified atom stereocenters. The number of aromatic nitrogens is 1. The Bertz CT molecular complexity index is 986. The number of fused-ring (bicyclic) bond motifs is 1. The van der Waals surface area contributed by atoms with Crippen LogP contribution in [0.15, 0.2) is 36.7 Å². The molecule has 2 saturated heterocycles. The fourth-order valence-corrected chi connectivity index (χ4v) is 5.24. The summed E-state index contributed by atoms with van der Waals surface area (Å²) in [6.45, 7) is 5.58. The zero-order chi connectivity index (χ0) is 23.3. The summed E-state index contributed by atoms with van der Waals surface area (Å²) >= 11 is 6.40. The molecule has 34 heavy (non-hydrogen) atoms. The summed E-state index contributed by atoms with van der Waals surface area (Å²) in [7, 11) is 0. The lowest BCUT2D eigenvalue weighted by atomic mass is 10.0. The van der Waals surface area contributed by atoms with Crippen molar-refractivity contribution in [1.29, 1.82) is 0 Å². The van der Waals surface area contributed by atoms with Gasteiger partial charge in [-0.2, -0.15) is 0 Å². The van der Waals surface area contributed by atoms with E-state index in [0.717, 1.165) is 57.0 Å². The second-order valence-electron chi connectivity index (χ2n) is 8.95. The molecule has 2 fully saturated rings. The maximum absolute atomic E-state index is 12.8. The van der Waals surface area contributed by atoms with Crippen molar-refractivity contribution in [3.05, 3.63) is 52.8 Å². The first-order valence-corrected chi connectivity index (χ1v) is 12.4. The van der Waals surface area contributed by atoms with Gasteiger partial charge in [-0.05, 0) is 48.7 Å². The molecule has 0 bridgehead atoms. The molecule has 5 rings (SSSR count). The van der Waals surface area contributed by atoms with E-state index in [1.165, 1.54) is 5.56 Å². The average Bonchev–Trinajstić information content (AvgIpc) is 3.47. The van der Waals surface area contributed by atoms with Gasteiger partial charge in [0, 0.05) is 62.1 Å². The van der Waals surface area contributed by atoms with E-state index in [1.807, 2.05) is 24.5 Å². The minimum atomic E-state index is 0.150. The van der Waals surface area contributed by atoms with Crippen molar-refractivity contribution < 1.29 is 19.0 Å². The van der Waals surface area contributed by atoms with Gasteiger partial charge in [-0.25, -0.2) is 0 Å². The molecule has 1 aromatic carbocycles. The third-order valence-corrected chi connectivity index (χ3v) is 7.26. The number of nitrogens with zero attached hydrogens (tertiary/aromatic N) is 3. The van der Waals surface area contributed by atoms with Gasteiger partial charge in [0.05, 0.1) is 19.3 Å². The third kappa shape index (κ3) is 5.30. The Balaban J connectivity index is 1.19. The molecule has 0 spiro atoms. The second kappa shape index (κ2) is 10.9. The van der Waals surface area contributed by atoms with Crippen LogP contribution in [0.25, 0.3) is 0 Å². The molecule has 3 aliphatic rings. The van der Waals surface area contributed by atoms with E-state index in [2.05, 4.69) is 32.2 Å². The van der Waals surface area contributed by atoms with Crippen molar-refractivity contribution in [3.63, 3.8) is 0 Å². The molecular formula is C25H31ClN4O4. The van der Waals surface area contributed by atoms with Gasteiger partial charge in [-0.3, -0.25) is 14.7 Å². The molecule has 1 amide bonds. The number of carbonyl (C=O) groups is 1. The van der Waals surface area contributed by atoms with E-state index in [9.17, 15) is 4.79 Å². The van der Waals surface area contributed by atoms with Gasteiger partial charge in [0.2, 0.25) is 12.7 Å². The number of ether oxygens (including phenoxy) is 3. The number of hydrogen-bond donors (Lipinski definition) is 1. The minimum absolute atomic E-state index is 0.150. The van der Waals surface area contributed by atoms with Crippen LogP contribution in [0, 0.1) is 0 Å². The lowest BCUT2D eigenvalue weighted by molar-refractivity contribution is -0.130. The highest BCUT2D eigenvalue weighted by molar-refractivity contribution is 6.31. The maximum Gasteiger partial charge on any atom is 0.231 e. The summed E-state index contributed by atoms with van der Waals surface area (Å²) in [5.41, 5.74) is 2.18. The maximum atomic E-state index is 12.8. The SMILES string of the molecule is O=C1CC[C@@H](CCNCc2cc3c(cc2Cl)OCO3)N1C[C@H](c1ccncc1)N1CCOCC1. The van der Waals surface area contributed by atoms with E-state index in [4.69, 9.17) is 25.8 Å². The summed E-state index contributed by atoms with van der Waals surface area (Å²) in [5, 5.41) is 4.16. The van der Waals surface area contributed by atoms with Crippen LogP contribution in [0.2, 0.25) is 5.02 Å². The van der Waals surface area contributed by atoms with Crippen LogP contribution in [-0.4, -0.2) is 72.9 Å². The van der Waals surface area contributed by atoms with E-state index in [1.54, 1.807) is 0 Å². The average molecular weight is 487 g/mol. The van der Waals surface area contributed by atoms with Gasteiger partial charge in [-0.1, -0.05) is 11.6 Å². The van der Waals surface area contributed by atoms with E-state index in [-0.39, 0.29) is 24.8 Å². The summed E-state index contributed by atoms with van der Waals surface area (Å²) in [4.78, 5) is 21.6. The zero-order valence-electron chi connectivity index (χ0n) is 19.2. The van der Waals surface area contributed by atoms with Gasteiger partial charge >= 0.3 is 0 Å². The van der Waals surface area contributed by atoms with Crippen LogP contribution in [-0.2, 0) is 16.1 Å². The van der Waals surface area contributed by atoms with Gasteiger partial charge in [0.1, 0.15) is 0 Å². The van der Waals surface area contributed by atoms with Gasteiger partial charge in [-0.15, -0.1) is 0 Å². The first kappa shape index (κ1) is 23.4. The highest BCUT2D eigenvalue weighted by Gasteiger charge is 2.34. The smallest absolute Gasteiger partial charge is 0.231 e. The predicted molar refractivity (Wildman–Crippen MR) is 128 cm³/mol. The Morgan fingerprint density at radius 3 is 2.71 bits per heavy atom. The van der Waals surface area contributed by atoms with Crippen molar-refractivity contribution in [2.75, 3.05) is 46.2 Å². The van der Waals surface area contributed by atoms with Crippen molar-refractivity contribution in [2.24, 2.45) is 0 Å². The number of halogens is 1. The minimum Gasteiger partial charge on any atom is -0.454 e. The first-order chi connectivity index (χ1) is 16.7. The molecule has 2 atom stereocenters. The Kier molecular flexibility index (Phi) is 7.49. The standard InChI is InChI=1S/C25H31ClN4O4/c26-21-14-24-23(33-17-34-24)13-19(21)15-28-8-5-20-1-2-25(31)30(20)16-22(18-3-6-27-7-4-18)29-9-11-32-12-10-29/h3-4,6-7,13-14,20,22,28H,1-2,5,8-12,15-17H2/t20-,22+/m0/s1. The fraction of sp³-hybridized carbons (Fsp3) is 0.520. The van der Waals surface area contributed by atoms with Gasteiger partial charge < -0.3 is 24.4 Å². The monoisotopic (exact) mass is 486 g/mol. The number of benzene rings is 1. The molecule has 8 nitrogen and oxygen atoms in total. The van der Waals surface area contributed by atoms with Gasteiger partial charge in [0.25, 0.3) is 0 Å². The van der Waals surface area contributed by atoms with Crippen molar-refractivity contribution in [3.8, 4) is 11.5 Å². The van der Waals surface area contributed by atoms with E-state index >= 15 is 0 Å². The number of rotatable bonds is 9. The van der Waals surface area contributed by atoms with E-state index < -0.39 is 0 Å². The van der Waals surface area contributed by atoms with Crippen LogP contribution < -0.4 is 14.8 Å². The van der Waals surface area contributed by atoms with Crippen LogP contribution >= 0.6 is 11.6 Å². The van der Waals surface area contributed by atoms with Crippen molar-refractivity contribution in [2.45, 2.75) is 37.9 Å². The number of likely N-dealkylation sites (tertiary alicyclic amines) is 1. The molecule has 0 saturated carbocycles. The topological polar surface area (TPSA) is 76.2 Å². The molecule has 2 aromatic rings. The Labute approximate surface area is 205 Å². The van der Waals surface area contributed by atoms with Crippen LogP contribution in [0.5, 0.6) is 11.5 Å². The first-order valence-electron chi connectivity index (χ1n) is 12.0. The number of pyridine rings is 1. The van der Waals surface area contributed by atoms with E-state index in [0.29, 0.717) is 30.3 Å². The number of hydrogen-bond acceptors (Lipinski definition) is 7. The fourth-order valence-electron chi connectivity index (χ4n) is 5.02. The second-order valence-corrected chi connectivity index (χ2v) is 9.35. The summed E-state index contributed by atoms with van der Waals surface area (Å²) in [6.07, 6.45) is 6.08. The molecule has 4 heterocycles. The number of carbonyl (C=O) groups excluding carboxylic acids is 1. The summed E-state index contributed by atoms with van der Waals surface area (Å²) in [6, 6.07) is 8.25. The molecule has 3 aliphatic heterocycles. The lowest BCUT2D eigenvalue weighted by Gasteiger charge is -2.38. The highest BCUT2D eigenvalue weighted by Crippen LogP contribution is 2.36.